The second-order valence-corrected chi connectivity index (χ2v) is 6.56. The van der Waals surface area contributed by atoms with E-state index in [1.54, 1.807) is 13.0 Å². The van der Waals surface area contributed by atoms with Crippen LogP contribution in [0.15, 0.2) is 28.7 Å². The first-order valence-electron chi connectivity index (χ1n) is 8.43. The number of oxazole rings is 1. The van der Waals surface area contributed by atoms with Crippen LogP contribution in [-0.4, -0.2) is 29.5 Å². The van der Waals surface area contributed by atoms with Crippen molar-refractivity contribution in [2.24, 2.45) is 11.7 Å². The van der Waals surface area contributed by atoms with E-state index in [0.717, 1.165) is 50.3 Å². The van der Waals surface area contributed by atoms with Crippen molar-refractivity contribution in [3.05, 3.63) is 41.3 Å². The number of nitrogens with zero attached hydrogens (tertiary/aromatic N) is 2. The van der Waals surface area contributed by atoms with Gasteiger partial charge >= 0.3 is 6.18 Å². The number of piperidine rings is 1. The maximum atomic E-state index is 12.9. The Bertz CT molecular complexity index is 729. The normalized spacial score (nSPS) is 15.9. The van der Waals surface area contributed by atoms with Crippen LogP contribution in [0, 0.1) is 12.8 Å². The second-order valence-electron chi connectivity index (χ2n) is 6.56. The number of benzene rings is 1. The van der Waals surface area contributed by atoms with Gasteiger partial charge in [0.2, 0.25) is 5.89 Å². The van der Waals surface area contributed by atoms with Gasteiger partial charge < -0.3 is 10.2 Å². The van der Waals surface area contributed by atoms with E-state index in [-0.39, 0.29) is 30.7 Å². The predicted octanol–water partition coefficient (Wildman–Crippen LogP) is 4.68. The highest BCUT2D eigenvalue weighted by Crippen LogP contribution is 2.32. The van der Waals surface area contributed by atoms with E-state index in [0.29, 0.717) is 23.8 Å². The van der Waals surface area contributed by atoms with E-state index < -0.39 is 11.7 Å². The lowest BCUT2D eigenvalue weighted by molar-refractivity contribution is -0.137. The predicted molar refractivity (Wildman–Crippen MR) is 103 cm³/mol. The quantitative estimate of drug-likeness (QED) is 0.771. The molecule has 0 atom stereocenters. The molecule has 1 aliphatic heterocycles. The van der Waals surface area contributed by atoms with Gasteiger partial charge in [0.1, 0.15) is 5.76 Å². The summed E-state index contributed by atoms with van der Waals surface area (Å²) in [4.78, 5) is 6.72. The summed E-state index contributed by atoms with van der Waals surface area (Å²) in [6, 6.07) is 5.07. The Labute approximate surface area is 169 Å². The summed E-state index contributed by atoms with van der Waals surface area (Å²) in [5, 5.41) is 0. The minimum atomic E-state index is -4.38. The number of rotatable bonds is 4. The Kier molecular flexibility index (Phi) is 8.60. The lowest BCUT2D eigenvalue weighted by atomic mass is 9.97. The Hall–Kier alpha value is -1.28. The first-order valence-corrected chi connectivity index (χ1v) is 8.43. The molecule has 1 aromatic carbocycles. The van der Waals surface area contributed by atoms with Gasteiger partial charge in [-0.25, -0.2) is 4.98 Å². The van der Waals surface area contributed by atoms with Crippen LogP contribution in [0.3, 0.4) is 0 Å². The molecule has 9 heteroatoms. The zero-order valence-electron chi connectivity index (χ0n) is 15.0. The maximum absolute atomic E-state index is 12.9. The average molecular weight is 426 g/mol. The number of alkyl halides is 3. The van der Waals surface area contributed by atoms with Crippen LogP contribution in [0.25, 0.3) is 11.5 Å². The molecule has 2 heterocycles. The molecule has 0 spiro atoms. The molecular weight excluding hydrogens is 402 g/mol. The van der Waals surface area contributed by atoms with Crippen LogP contribution in [0.2, 0.25) is 0 Å². The molecule has 2 aromatic rings. The van der Waals surface area contributed by atoms with E-state index in [2.05, 4.69) is 9.88 Å². The fourth-order valence-corrected chi connectivity index (χ4v) is 3.12. The van der Waals surface area contributed by atoms with Crippen molar-refractivity contribution >= 4 is 24.8 Å². The van der Waals surface area contributed by atoms with E-state index in [1.807, 2.05) is 0 Å². The van der Waals surface area contributed by atoms with Gasteiger partial charge in [0.05, 0.1) is 11.3 Å². The number of hydrogen-bond acceptors (Lipinski definition) is 4. The lowest BCUT2D eigenvalue weighted by Crippen LogP contribution is -2.35. The molecule has 0 unspecified atom stereocenters. The monoisotopic (exact) mass is 425 g/mol. The van der Waals surface area contributed by atoms with Gasteiger partial charge in [0, 0.05) is 12.1 Å². The standard InChI is InChI=1S/C18H22F3N3O.2ClH/c1-12-16(11-24-7-5-13(10-22)6-8-24)23-17(25-12)14-3-2-4-15(9-14)18(19,20)21;;/h2-4,9,13H,5-8,10-11,22H2,1H3;2*1H. The SMILES string of the molecule is Cc1oc(-c2cccc(C(F)(F)F)c2)nc1CN1CCC(CN)CC1.Cl.Cl. The zero-order valence-corrected chi connectivity index (χ0v) is 16.6. The molecule has 4 nitrogen and oxygen atoms in total. The van der Waals surface area contributed by atoms with E-state index in [9.17, 15) is 13.2 Å². The summed E-state index contributed by atoms with van der Waals surface area (Å²) < 4.78 is 44.2. The number of aryl methyl sites for hydroxylation is 1. The molecular formula is C18H24Cl2F3N3O. The number of hydrogen-bond donors (Lipinski definition) is 1. The molecule has 0 saturated carbocycles. The van der Waals surface area contributed by atoms with E-state index in [1.165, 1.54) is 6.07 Å². The van der Waals surface area contributed by atoms with Gasteiger partial charge in [-0.1, -0.05) is 6.07 Å². The molecule has 1 saturated heterocycles. The summed E-state index contributed by atoms with van der Waals surface area (Å²) in [6.45, 7) is 5.06. The highest BCUT2D eigenvalue weighted by Gasteiger charge is 2.31. The summed E-state index contributed by atoms with van der Waals surface area (Å²) in [7, 11) is 0. The molecule has 1 aromatic heterocycles. The van der Waals surface area contributed by atoms with Crippen LogP contribution in [-0.2, 0) is 12.7 Å². The molecule has 0 amide bonds. The number of nitrogens with two attached hydrogens (primary N) is 1. The molecule has 27 heavy (non-hydrogen) atoms. The summed E-state index contributed by atoms with van der Waals surface area (Å²) >= 11 is 0. The van der Waals surface area contributed by atoms with Crippen molar-refractivity contribution in [3.63, 3.8) is 0 Å². The van der Waals surface area contributed by atoms with Crippen LogP contribution in [0.4, 0.5) is 13.2 Å². The maximum Gasteiger partial charge on any atom is 0.416 e. The minimum Gasteiger partial charge on any atom is -0.441 e. The third-order valence-corrected chi connectivity index (χ3v) is 4.74. The third kappa shape index (κ3) is 5.85. The van der Waals surface area contributed by atoms with Crippen LogP contribution < -0.4 is 5.73 Å². The second kappa shape index (κ2) is 9.78. The van der Waals surface area contributed by atoms with Crippen molar-refractivity contribution in [3.8, 4) is 11.5 Å². The highest BCUT2D eigenvalue weighted by atomic mass is 35.5. The number of aromatic nitrogens is 1. The van der Waals surface area contributed by atoms with Crippen molar-refractivity contribution in [1.82, 2.24) is 9.88 Å². The fraction of sp³-hybridized carbons (Fsp3) is 0.500. The highest BCUT2D eigenvalue weighted by molar-refractivity contribution is 5.85. The average Bonchev–Trinajstić information content (AvgIpc) is 2.96. The molecule has 0 radical (unpaired) electrons. The Morgan fingerprint density at radius 1 is 1.22 bits per heavy atom. The Balaban J connectivity index is 0.00000182. The topological polar surface area (TPSA) is 55.3 Å². The van der Waals surface area contributed by atoms with Crippen molar-refractivity contribution < 1.29 is 17.6 Å². The largest absolute Gasteiger partial charge is 0.441 e. The summed E-state index contributed by atoms with van der Waals surface area (Å²) in [6.07, 6.45) is -2.25. The minimum absolute atomic E-state index is 0. The van der Waals surface area contributed by atoms with Gasteiger partial charge in [-0.2, -0.15) is 13.2 Å². The first kappa shape index (κ1) is 23.8. The Morgan fingerprint density at radius 3 is 2.48 bits per heavy atom. The zero-order chi connectivity index (χ0) is 18.0. The molecule has 0 aliphatic carbocycles. The van der Waals surface area contributed by atoms with Crippen LogP contribution >= 0.6 is 24.8 Å². The smallest absolute Gasteiger partial charge is 0.416 e. The molecule has 3 rings (SSSR count). The first-order chi connectivity index (χ1) is 11.9. The Morgan fingerprint density at radius 2 is 1.89 bits per heavy atom. The summed E-state index contributed by atoms with van der Waals surface area (Å²) in [5.74, 6) is 1.46. The van der Waals surface area contributed by atoms with Crippen molar-refractivity contribution in [2.75, 3.05) is 19.6 Å². The molecule has 2 N–H and O–H groups in total. The lowest BCUT2D eigenvalue weighted by Gasteiger charge is -2.30. The molecule has 152 valence electrons. The van der Waals surface area contributed by atoms with Gasteiger partial charge in [-0.05, 0) is 63.5 Å². The number of halogens is 5. The van der Waals surface area contributed by atoms with Crippen molar-refractivity contribution in [1.29, 1.82) is 0 Å². The van der Waals surface area contributed by atoms with E-state index >= 15 is 0 Å². The summed E-state index contributed by atoms with van der Waals surface area (Å²) in [5.41, 5.74) is 6.12. The van der Waals surface area contributed by atoms with Crippen LogP contribution in [0.1, 0.15) is 29.9 Å². The molecule has 1 fully saturated rings. The fourth-order valence-electron chi connectivity index (χ4n) is 3.12. The van der Waals surface area contributed by atoms with Gasteiger partial charge in [0.25, 0.3) is 0 Å². The molecule has 0 bridgehead atoms. The number of likely N-dealkylation sites (tertiary alicyclic amines) is 1. The van der Waals surface area contributed by atoms with Gasteiger partial charge in [-0.3, -0.25) is 4.90 Å². The van der Waals surface area contributed by atoms with Crippen LogP contribution in [0.5, 0.6) is 0 Å². The van der Waals surface area contributed by atoms with E-state index in [4.69, 9.17) is 10.2 Å². The molecule has 1 aliphatic rings. The van der Waals surface area contributed by atoms with Gasteiger partial charge in [-0.15, -0.1) is 24.8 Å². The van der Waals surface area contributed by atoms with Gasteiger partial charge in [0.15, 0.2) is 0 Å². The third-order valence-electron chi connectivity index (χ3n) is 4.74. The van der Waals surface area contributed by atoms with Crippen molar-refractivity contribution in [2.45, 2.75) is 32.5 Å².